The van der Waals surface area contributed by atoms with Crippen molar-refractivity contribution < 1.29 is 24.2 Å². The number of carbonyl (C=O) groups excluding carboxylic acids is 3. The molecule has 3 fully saturated rings. The summed E-state index contributed by atoms with van der Waals surface area (Å²) in [6.07, 6.45) is 4.05. The molecule has 0 radical (unpaired) electrons. The third-order valence-electron chi connectivity index (χ3n) is 7.98. The number of ketones is 2. The van der Waals surface area contributed by atoms with Crippen molar-refractivity contribution in [3.63, 3.8) is 0 Å². The highest BCUT2D eigenvalue weighted by Crippen LogP contribution is 2.64. The summed E-state index contributed by atoms with van der Waals surface area (Å²) in [7, 11) is 0. The number of ether oxygens (including phenoxy) is 1. The van der Waals surface area contributed by atoms with E-state index in [1.807, 2.05) is 0 Å². The lowest BCUT2D eigenvalue weighted by Gasteiger charge is -2.56. The van der Waals surface area contributed by atoms with Crippen molar-refractivity contribution in [3.8, 4) is 0 Å². The van der Waals surface area contributed by atoms with E-state index in [1.54, 1.807) is 0 Å². The smallest absolute Gasteiger partial charge is 0.307 e. The molecule has 6 atom stereocenters. The minimum atomic E-state index is -0.885. The Morgan fingerprint density at radius 2 is 1.73 bits per heavy atom. The van der Waals surface area contributed by atoms with Crippen LogP contribution in [-0.2, 0) is 19.1 Å². The van der Waals surface area contributed by atoms with Gasteiger partial charge < -0.3 is 9.84 Å². The van der Waals surface area contributed by atoms with Crippen LogP contribution in [0.2, 0.25) is 0 Å². The van der Waals surface area contributed by atoms with E-state index in [0.29, 0.717) is 36.5 Å². The summed E-state index contributed by atoms with van der Waals surface area (Å²) in [4.78, 5) is 37.2. The molecule has 5 nitrogen and oxygen atoms in total. The van der Waals surface area contributed by atoms with Crippen molar-refractivity contribution in [1.82, 2.24) is 0 Å². The van der Waals surface area contributed by atoms with Crippen molar-refractivity contribution in [2.75, 3.05) is 0 Å². The van der Waals surface area contributed by atoms with E-state index >= 15 is 0 Å². The lowest BCUT2D eigenvalue weighted by Crippen LogP contribution is -2.54. The second-order valence-corrected chi connectivity index (χ2v) is 9.23. The van der Waals surface area contributed by atoms with Crippen LogP contribution >= 0.6 is 0 Å². The highest BCUT2D eigenvalue weighted by molar-refractivity contribution is 5.99. The molecule has 5 heteroatoms. The van der Waals surface area contributed by atoms with Gasteiger partial charge in [-0.15, -0.1) is 0 Å². The largest absolute Gasteiger partial charge is 0.428 e. The Balaban J connectivity index is 1.78. The first-order valence-electron chi connectivity index (χ1n) is 9.86. The third kappa shape index (κ3) is 2.29. The Kier molecular flexibility index (Phi) is 3.96. The highest BCUT2D eigenvalue weighted by atomic mass is 16.5. The zero-order valence-corrected chi connectivity index (χ0v) is 15.8. The van der Waals surface area contributed by atoms with E-state index in [0.717, 1.165) is 25.7 Å². The minimum absolute atomic E-state index is 0.00708. The Hall–Kier alpha value is -1.49. The molecular weight excluding hydrogens is 332 g/mol. The van der Waals surface area contributed by atoms with Gasteiger partial charge in [-0.2, -0.15) is 0 Å². The second-order valence-electron chi connectivity index (χ2n) is 9.23. The first kappa shape index (κ1) is 17.9. The number of Topliss-reactive ketones (excluding diaryl/α,β-unsaturated/α-hetero) is 2. The van der Waals surface area contributed by atoms with Crippen LogP contribution in [0.1, 0.15) is 65.7 Å². The first-order valence-corrected chi connectivity index (χ1v) is 9.86. The molecule has 0 spiro atoms. The summed E-state index contributed by atoms with van der Waals surface area (Å²) in [5, 5.41) is 10.4. The summed E-state index contributed by atoms with van der Waals surface area (Å²) in [5.41, 5.74) is -0.108. The van der Waals surface area contributed by atoms with Crippen LogP contribution in [0.5, 0.6) is 0 Å². The number of aliphatic hydroxyl groups is 1. The van der Waals surface area contributed by atoms with Gasteiger partial charge in [0.2, 0.25) is 0 Å². The van der Waals surface area contributed by atoms with Crippen LogP contribution in [0, 0.1) is 28.6 Å². The van der Waals surface area contributed by atoms with Gasteiger partial charge in [0.15, 0.2) is 5.78 Å². The van der Waals surface area contributed by atoms with Crippen LogP contribution in [0.3, 0.4) is 0 Å². The Bertz CT molecular complexity index is 722. The summed E-state index contributed by atoms with van der Waals surface area (Å²) in [6.45, 7) is 5.50. The van der Waals surface area contributed by atoms with E-state index in [2.05, 4.69) is 13.8 Å². The SMILES string of the molecule is CC(=O)OC1=C2C(=O)C[C@@H]3[C@H](CC[C@]4(C)C(=O)CC[C@@H]34)[C@@]2(C)CC[C@@H]1O. The van der Waals surface area contributed by atoms with Gasteiger partial charge in [-0.05, 0) is 49.9 Å². The fourth-order valence-corrected chi connectivity index (χ4v) is 6.69. The molecular formula is C21H28O5. The van der Waals surface area contributed by atoms with Crippen molar-refractivity contribution in [2.24, 2.45) is 28.6 Å². The van der Waals surface area contributed by atoms with E-state index in [-0.39, 0.29) is 34.2 Å². The molecule has 0 aromatic carbocycles. The van der Waals surface area contributed by atoms with E-state index in [1.165, 1.54) is 6.92 Å². The number of aliphatic hydroxyl groups excluding tert-OH is 1. The van der Waals surface area contributed by atoms with Gasteiger partial charge >= 0.3 is 5.97 Å². The van der Waals surface area contributed by atoms with Crippen molar-refractivity contribution in [1.29, 1.82) is 0 Å². The Morgan fingerprint density at radius 1 is 1.08 bits per heavy atom. The van der Waals surface area contributed by atoms with E-state index in [4.69, 9.17) is 4.74 Å². The average molecular weight is 360 g/mol. The van der Waals surface area contributed by atoms with Crippen molar-refractivity contribution >= 4 is 17.5 Å². The van der Waals surface area contributed by atoms with Gasteiger partial charge in [-0.3, -0.25) is 14.4 Å². The van der Waals surface area contributed by atoms with Gasteiger partial charge in [0, 0.05) is 36.2 Å². The predicted molar refractivity (Wildman–Crippen MR) is 93.8 cm³/mol. The molecule has 3 saturated carbocycles. The van der Waals surface area contributed by atoms with E-state index in [9.17, 15) is 19.5 Å². The van der Waals surface area contributed by atoms with Crippen molar-refractivity contribution in [2.45, 2.75) is 71.8 Å². The maximum atomic E-state index is 13.2. The number of allylic oxidation sites excluding steroid dienone is 1. The molecule has 4 aliphatic carbocycles. The molecule has 0 aromatic rings. The molecule has 0 unspecified atom stereocenters. The molecule has 0 amide bonds. The van der Waals surface area contributed by atoms with Gasteiger partial charge in [0.05, 0.1) is 0 Å². The zero-order chi connectivity index (χ0) is 18.9. The molecule has 0 saturated heterocycles. The van der Waals surface area contributed by atoms with Gasteiger partial charge in [-0.25, -0.2) is 0 Å². The predicted octanol–water partition coefficient (Wildman–Crippen LogP) is 2.95. The van der Waals surface area contributed by atoms with Crippen LogP contribution in [-0.4, -0.2) is 28.7 Å². The quantitative estimate of drug-likeness (QED) is 0.727. The van der Waals surface area contributed by atoms with Crippen LogP contribution in [0.4, 0.5) is 0 Å². The van der Waals surface area contributed by atoms with Crippen LogP contribution < -0.4 is 0 Å². The lowest BCUT2D eigenvalue weighted by atomic mass is 9.47. The Labute approximate surface area is 154 Å². The number of fused-ring (bicyclic) bond motifs is 5. The monoisotopic (exact) mass is 360 g/mol. The molecule has 0 aliphatic heterocycles. The van der Waals surface area contributed by atoms with Crippen LogP contribution in [0.25, 0.3) is 0 Å². The van der Waals surface area contributed by atoms with Gasteiger partial charge in [-0.1, -0.05) is 13.8 Å². The Morgan fingerprint density at radius 3 is 2.42 bits per heavy atom. The summed E-state index contributed by atoms with van der Waals surface area (Å²) in [6, 6.07) is 0. The number of rotatable bonds is 1. The molecule has 4 rings (SSSR count). The zero-order valence-electron chi connectivity index (χ0n) is 15.8. The van der Waals surface area contributed by atoms with Crippen molar-refractivity contribution in [3.05, 3.63) is 11.3 Å². The first-order chi connectivity index (χ1) is 12.2. The fourth-order valence-electron chi connectivity index (χ4n) is 6.69. The molecule has 1 N–H and O–H groups in total. The van der Waals surface area contributed by atoms with Crippen LogP contribution in [0.15, 0.2) is 11.3 Å². The average Bonchev–Trinajstić information content (AvgIpc) is 2.86. The number of carbonyl (C=O) groups is 3. The maximum absolute atomic E-state index is 13.2. The minimum Gasteiger partial charge on any atom is -0.428 e. The molecule has 4 aliphatic rings. The molecule has 0 aromatic heterocycles. The number of esters is 1. The lowest BCUT2D eigenvalue weighted by molar-refractivity contribution is -0.143. The number of hydrogen-bond acceptors (Lipinski definition) is 5. The topological polar surface area (TPSA) is 80.7 Å². The van der Waals surface area contributed by atoms with Gasteiger partial charge in [0.1, 0.15) is 17.6 Å². The third-order valence-corrected chi connectivity index (χ3v) is 7.98. The molecule has 26 heavy (non-hydrogen) atoms. The molecule has 0 heterocycles. The normalized spacial score (nSPS) is 45.1. The summed E-state index contributed by atoms with van der Waals surface area (Å²) in [5.74, 6) is 0.841. The summed E-state index contributed by atoms with van der Waals surface area (Å²) >= 11 is 0. The molecule has 0 bridgehead atoms. The maximum Gasteiger partial charge on any atom is 0.307 e. The second kappa shape index (κ2) is 5.75. The fraction of sp³-hybridized carbons (Fsp3) is 0.762. The van der Waals surface area contributed by atoms with E-state index < -0.39 is 12.1 Å². The molecule has 142 valence electrons. The standard InChI is InChI=1S/C21H28O5/c1-11(22)26-19-15(23)7-9-21(3)14-6-8-20(2)13(4-5-17(20)25)12(14)10-16(24)18(19)21/h12-15,23H,4-10H2,1-3H3/t12-,13-,14-,15-,20-,21+/m0/s1. The highest BCUT2D eigenvalue weighted by Gasteiger charge is 2.61. The number of hydrogen-bond donors (Lipinski definition) is 1. The summed E-state index contributed by atoms with van der Waals surface area (Å²) < 4.78 is 5.33. The van der Waals surface area contributed by atoms with Gasteiger partial charge in [0.25, 0.3) is 0 Å².